The Balaban J connectivity index is 0.00000146. The second-order valence-electron chi connectivity index (χ2n) is 9.01. The number of nitrogens with zero attached hydrogens (tertiary/aromatic N) is 2. The van der Waals surface area contributed by atoms with Crippen molar-refractivity contribution >= 4 is 5.69 Å². The van der Waals surface area contributed by atoms with Gasteiger partial charge in [0, 0.05) is 50.2 Å². The van der Waals surface area contributed by atoms with Crippen molar-refractivity contribution in [2.24, 2.45) is 17.8 Å². The number of anilines is 1. The van der Waals surface area contributed by atoms with Crippen LogP contribution in [-0.4, -0.2) is 18.6 Å². The largest absolute Gasteiger partial charge is 0.870 e. The highest BCUT2D eigenvalue weighted by molar-refractivity contribution is 5.43. The number of aromatic nitrogens is 1. The predicted octanol–water partition coefficient (Wildman–Crippen LogP) is 4.10. The highest BCUT2D eigenvalue weighted by atomic mass is 16.0. The Morgan fingerprint density at radius 2 is 1.29 bits per heavy atom. The van der Waals surface area contributed by atoms with Crippen LogP contribution in [0.4, 0.5) is 5.69 Å². The SMILES string of the molecule is [OH-].c1c[n+](C23CC4CC(CC(C4)C2)C3)ccc1N1CCCCCC1. The third kappa shape index (κ3) is 2.75. The van der Waals surface area contributed by atoms with E-state index in [2.05, 4.69) is 34.0 Å². The third-order valence-electron chi connectivity index (χ3n) is 7.34. The van der Waals surface area contributed by atoms with Crippen LogP contribution in [0.25, 0.3) is 0 Å². The summed E-state index contributed by atoms with van der Waals surface area (Å²) in [5, 5.41) is 0. The minimum absolute atomic E-state index is 0. The van der Waals surface area contributed by atoms with Crippen molar-refractivity contribution in [2.75, 3.05) is 18.0 Å². The van der Waals surface area contributed by atoms with Gasteiger partial charge in [-0.05, 0) is 49.9 Å². The molecule has 0 spiro atoms. The summed E-state index contributed by atoms with van der Waals surface area (Å²) in [6, 6.07) is 4.81. The second-order valence-corrected chi connectivity index (χ2v) is 9.01. The smallest absolute Gasteiger partial charge is 0.171 e. The molecule has 3 nitrogen and oxygen atoms in total. The molecule has 0 amide bonds. The Kier molecular flexibility index (Phi) is 4.32. The first-order chi connectivity index (χ1) is 11.3. The van der Waals surface area contributed by atoms with Gasteiger partial charge in [-0.3, -0.25) is 0 Å². The number of hydrogen-bond acceptors (Lipinski definition) is 2. The number of pyridine rings is 1. The van der Waals surface area contributed by atoms with E-state index in [1.807, 2.05) is 0 Å². The van der Waals surface area contributed by atoms with Crippen LogP contribution in [0.5, 0.6) is 0 Å². The molecule has 132 valence electrons. The van der Waals surface area contributed by atoms with E-state index in [4.69, 9.17) is 0 Å². The molecule has 1 aliphatic heterocycles. The zero-order valence-corrected chi connectivity index (χ0v) is 14.9. The van der Waals surface area contributed by atoms with Crippen LogP contribution < -0.4 is 9.47 Å². The molecule has 1 N–H and O–H groups in total. The molecular formula is C21H32N2O. The zero-order chi connectivity index (χ0) is 15.3. The molecule has 1 saturated heterocycles. The maximum Gasteiger partial charge on any atom is 0.171 e. The number of hydrogen-bond donors (Lipinski definition) is 0. The summed E-state index contributed by atoms with van der Waals surface area (Å²) in [5.74, 6) is 3.08. The van der Waals surface area contributed by atoms with E-state index in [1.165, 1.54) is 83.0 Å². The molecule has 0 radical (unpaired) electrons. The van der Waals surface area contributed by atoms with Crippen LogP contribution in [0.1, 0.15) is 64.2 Å². The van der Waals surface area contributed by atoms with Gasteiger partial charge in [0.25, 0.3) is 0 Å². The average molecular weight is 329 g/mol. The van der Waals surface area contributed by atoms with E-state index in [9.17, 15) is 0 Å². The van der Waals surface area contributed by atoms with Crippen molar-refractivity contribution in [3.8, 4) is 0 Å². The standard InChI is InChI=1S/C21H31N2.H2O/c1-2-4-8-22(7-3-1)20-5-9-23(10-6-20)21-14-17-11-18(15-21)13-19(12-17)16-21;/h5-6,9-10,17-19H,1-4,7-8,11-16H2;1H2/q+1;/p-1. The molecule has 5 fully saturated rings. The Morgan fingerprint density at radius 1 is 0.792 bits per heavy atom. The lowest BCUT2D eigenvalue weighted by molar-refractivity contribution is -0.776. The number of rotatable bonds is 2. The molecule has 1 aromatic rings. The Morgan fingerprint density at radius 3 is 1.79 bits per heavy atom. The lowest BCUT2D eigenvalue weighted by Crippen LogP contribution is -2.64. The van der Waals surface area contributed by atoms with Gasteiger partial charge >= 0.3 is 0 Å². The van der Waals surface area contributed by atoms with Crippen LogP contribution in [0, 0.1) is 17.8 Å². The summed E-state index contributed by atoms with van der Waals surface area (Å²) < 4.78 is 2.62. The quantitative estimate of drug-likeness (QED) is 0.766. The lowest BCUT2D eigenvalue weighted by atomic mass is 9.53. The average Bonchev–Trinajstić information content (AvgIpc) is 2.83. The van der Waals surface area contributed by atoms with Crippen molar-refractivity contribution in [3.05, 3.63) is 24.5 Å². The first kappa shape index (κ1) is 16.4. The summed E-state index contributed by atoms with van der Waals surface area (Å²) in [6.45, 7) is 2.50. The normalized spacial score (nSPS) is 37.8. The lowest BCUT2D eigenvalue weighted by Gasteiger charge is -2.53. The molecule has 4 bridgehead atoms. The van der Waals surface area contributed by atoms with E-state index in [0.29, 0.717) is 5.54 Å². The van der Waals surface area contributed by atoms with E-state index in [-0.39, 0.29) is 5.48 Å². The van der Waals surface area contributed by atoms with Crippen LogP contribution in [0.15, 0.2) is 24.5 Å². The molecule has 0 atom stereocenters. The topological polar surface area (TPSA) is 37.1 Å². The molecule has 24 heavy (non-hydrogen) atoms. The van der Waals surface area contributed by atoms with Gasteiger partial charge in [0.2, 0.25) is 0 Å². The molecule has 4 saturated carbocycles. The molecule has 6 rings (SSSR count). The molecule has 0 unspecified atom stereocenters. The molecule has 3 heteroatoms. The fourth-order valence-electron chi connectivity index (χ4n) is 6.66. The minimum atomic E-state index is 0. The Labute approximate surface area is 146 Å². The summed E-state index contributed by atoms with van der Waals surface area (Å²) >= 11 is 0. The van der Waals surface area contributed by atoms with Gasteiger partial charge in [0.1, 0.15) is 0 Å². The molecule has 0 aromatic carbocycles. The zero-order valence-electron chi connectivity index (χ0n) is 14.9. The molecular weight excluding hydrogens is 296 g/mol. The van der Waals surface area contributed by atoms with E-state index in [1.54, 1.807) is 0 Å². The van der Waals surface area contributed by atoms with Gasteiger partial charge in [-0.15, -0.1) is 0 Å². The predicted molar refractivity (Wildman–Crippen MR) is 95.4 cm³/mol. The van der Waals surface area contributed by atoms with Crippen molar-refractivity contribution in [3.63, 3.8) is 0 Å². The molecule has 4 aliphatic carbocycles. The summed E-state index contributed by atoms with van der Waals surface area (Å²) in [4.78, 5) is 2.61. The van der Waals surface area contributed by atoms with E-state index < -0.39 is 0 Å². The fraction of sp³-hybridized carbons (Fsp3) is 0.762. The highest BCUT2D eigenvalue weighted by Gasteiger charge is 2.56. The maximum atomic E-state index is 2.62. The summed E-state index contributed by atoms with van der Waals surface area (Å²) in [6.07, 6.45) is 19.4. The van der Waals surface area contributed by atoms with Crippen molar-refractivity contribution in [1.29, 1.82) is 0 Å². The van der Waals surface area contributed by atoms with Crippen LogP contribution in [0.3, 0.4) is 0 Å². The van der Waals surface area contributed by atoms with Crippen molar-refractivity contribution in [1.82, 2.24) is 0 Å². The van der Waals surface area contributed by atoms with Crippen molar-refractivity contribution in [2.45, 2.75) is 69.7 Å². The van der Waals surface area contributed by atoms with Gasteiger partial charge in [-0.25, -0.2) is 0 Å². The van der Waals surface area contributed by atoms with Crippen LogP contribution >= 0.6 is 0 Å². The van der Waals surface area contributed by atoms with Gasteiger partial charge in [-0.2, -0.15) is 4.57 Å². The second kappa shape index (κ2) is 6.33. The summed E-state index contributed by atoms with van der Waals surface area (Å²) in [7, 11) is 0. The fourth-order valence-corrected chi connectivity index (χ4v) is 6.66. The Hall–Kier alpha value is -1.09. The minimum Gasteiger partial charge on any atom is -0.870 e. The molecule has 2 heterocycles. The third-order valence-corrected chi connectivity index (χ3v) is 7.34. The van der Waals surface area contributed by atoms with Gasteiger partial charge in [0.05, 0.1) is 0 Å². The van der Waals surface area contributed by atoms with Gasteiger partial charge in [-0.1, -0.05) is 12.8 Å². The molecule has 1 aromatic heterocycles. The monoisotopic (exact) mass is 328 g/mol. The molecule has 5 aliphatic rings. The summed E-state index contributed by atoms with van der Waals surface area (Å²) in [5.41, 5.74) is 1.93. The highest BCUT2D eigenvalue weighted by Crippen LogP contribution is 2.56. The van der Waals surface area contributed by atoms with Gasteiger partial charge < -0.3 is 10.4 Å². The van der Waals surface area contributed by atoms with Crippen LogP contribution in [0.2, 0.25) is 0 Å². The first-order valence-electron chi connectivity index (χ1n) is 10.1. The van der Waals surface area contributed by atoms with Crippen molar-refractivity contribution < 1.29 is 10.0 Å². The van der Waals surface area contributed by atoms with E-state index >= 15 is 0 Å². The Bertz CT molecular complexity index is 524. The first-order valence-corrected chi connectivity index (χ1v) is 10.1. The van der Waals surface area contributed by atoms with E-state index in [0.717, 1.165) is 17.8 Å². The van der Waals surface area contributed by atoms with Crippen LogP contribution in [-0.2, 0) is 5.54 Å². The van der Waals surface area contributed by atoms with Gasteiger partial charge in [0.15, 0.2) is 17.9 Å². The maximum absolute atomic E-state index is 2.62.